The lowest BCUT2D eigenvalue weighted by Gasteiger charge is -2.08. The molecule has 6 heteroatoms. The molecule has 0 saturated carbocycles. The Morgan fingerprint density at radius 3 is 2.30 bits per heavy atom. The second-order valence-corrected chi connectivity index (χ2v) is 4.52. The number of rotatable bonds is 4. The van der Waals surface area contributed by atoms with Crippen LogP contribution in [0.1, 0.15) is 16.7 Å². The molecule has 0 unspecified atom stereocenters. The van der Waals surface area contributed by atoms with Crippen molar-refractivity contribution >= 4 is 12.2 Å². The van der Waals surface area contributed by atoms with E-state index in [1.165, 1.54) is 31.4 Å². The first-order valence-corrected chi connectivity index (χ1v) is 6.53. The summed E-state index contributed by atoms with van der Waals surface area (Å²) >= 11 is 0. The van der Waals surface area contributed by atoms with Crippen LogP contribution in [0.25, 0.3) is 12.2 Å². The quantitative estimate of drug-likeness (QED) is 0.771. The van der Waals surface area contributed by atoms with Gasteiger partial charge in [-0.25, -0.2) is 0 Å². The van der Waals surface area contributed by atoms with E-state index in [4.69, 9.17) is 10.00 Å². The van der Waals surface area contributed by atoms with E-state index in [-0.39, 0.29) is 5.75 Å². The zero-order valence-corrected chi connectivity index (χ0v) is 12.1. The molecule has 0 bridgehead atoms. The first kappa shape index (κ1) is 16.4. The van der Waals surface area contributed by atoms with Gasteiger partial charge in [0.1, 0.15) is 11.5 Å². The second-order valence-electron chi connectivity index (χ2n) is 4.52. The van der Waals surface area contributed by atoms with Gasteiger partial charge in [-0.15, -0.1) is 13.2 Å². The van der Waals surface area contributed by atoms with Crippen LogP contribution in [-0.4, -0.2) is 13.5 Å². The van der Waals surface area contributed by atoms with Gasteiger partial charge in [0.15, 0.2) is 0 Å². The normalized spacial score (nSPS) is 11.3. The van der Waals surface area contributed by atoms with E-state index in [0.29, 0.717) is 22.4 Å². The minimum absolute atomic E-state index is 0.279. The van der Waals surface area contributed by atoms with Crippen LogP contribution < -0.4 is 9.47 Å². The molecule has 2 rings (SSSR count). The zero-order valence-electron chi connectivity index (χ0n) is 12.1. The average Bonchev–Trinajstić information content (AvgIpc) is 2.52. The smallest absolute Gasteiger partial charge is 0.496 e. The highest BCUT2D eigenvalue weighted by Gasteiger charge is 2.30. The van der Waals surface area contributed by atoms with Crippen molar-refractivity contribution in [1.29, 1.82) is 5.26 Å². The second kappa shape index (κ2) is 6.88. The summed E-state index contributed by atoms with van der Waals surface area (Å²) in [6, 6.07) is 12.5. The third-order valence-electron chi connectivity index (χ3n) is 2.93. The summed E-state index contributed by atoms with van der Waals surface area (Å²) in [6.45, 7) is 0. The monoisotopic (exact) mass is 319 g/mol. The lowest BCUT2D eigenvalue weighted by atomic mass is 10.1. The van der Waals surface area contributed by atoms with Gasteiger partial charge in [-0.2, -0.15) is 5.26 Å². The molecule has 0 aliphatic heterocycles. The Morgan fingerprint density at radius 2 is 1.74 bits per heavy atom. The van der Waals surface area contributed by atoms with E-state index in [0.717, 1.165) is 0 Å². The van der Waals surface area contributed by atoms with Gasteiger partial charge in [0.2, 0.25) is 0 Å². The van der Waals surface area contributed by atoms with Crippen LogP contribution in [0.3, 0.4) is 0 Å². The molecule has 0 N–H and O–H groups in total. The van der Waals surface area contributed by atoms with E-state index >= 15 is 0 Å². The summed E-state index contributed by atoms with van der Waals surface area (Å²) in [5, 5.41) is 8.91. The van der Waals surface area contributed by atoms with Crippen molar-refractivity contribution in [2.45, 2.75) is 6.36 Å². The Labute approximate surface area is 131 Å². The lowest BCUT2D eigenvalue weighted by molar-refractivity contribution is -0.274. The van der Waals surface area contributed by atoms with Gasteiger partial charge in [0, 0.05) is 5.56 Å². The number of hydrogen-bond acceptors (Lipinski definition) is 3. The SMILES string of the molecule is COc1ccc(C#N)cc1/C=C/c1ccc(OC(F)(F)F)cc1. The maximum absolute atomic E-state index is 12.1. The van der Waals surface area contributed by atoms with Gasteiger partial charge in [-0.1, -0.05) is 24.3 Å². The van der Waals surface area contributed by atoms with Crippen molar-refractivity contribution in [2.24, 2.45) is 0 Å². The van der Waals surface area contributed by atoms with Crippen molar-refractivity contribution in [3.63, 3.8) is 0 Å². The van der Waals surface area contributed by atoms with Gasteiger partial charge >= 0.3 is 6.36 Å². The number of benzene rings is 2. The number of halogens is 3. The highest BCUT2D eigenvalue weighted by atomic mass is 19.4. The van der Waals surface area contributed by atoms with E-state index < -0.39 is 6.36 Å². The number of nitrogens with zero attached hydrogens (tertiary/aromatic N) is 1. The Kier molecular flexibility index (Phi) is 4.91. The van der Waals surface area contributed by atoms with E-state index in [9.17, 15) is 13.2 Å². The molecule has 0 spiro atoms. The minimum Gasteiger partial charge on any atom is -0.496 e. The molecule has 0 radical (unpaired) electrons. The van der Waals surface area contributed by atoms with Crippen molar-refractivity contribution in [1.82, 2.24) is 0 Å². The van der Waals surface area contributed by atoms with E-state index in [1.807, 2.05) is 6.07 Å². The molecule has 2 aromatic rings. The molecule has 0 fully saturated rings. The van der Waals surface area contributed by atoms with Crippen molar-refractivity contribution < 1.29 is 22.6 Å². The summed E-state index contributed by atoms with van der Waals surface area (Å²) in [4.78, 5) is 0. The number of alkyl halides is 3. The fourth-order valence-electron chi connectivity index (χ4n) is 1.90. The molecule has 0 aromatic heterocycles. The topological polar surface area (TPSA) is 42.2 Å². The Hall–Kier alpha value is -2.94. The Bertz CT molecular complexity index is 744. The van der Waals surface area contributed by atoms with E-state index in [2.05, 4.69) is 4.74 Å². The summed E-state index contributed by atoms with van der Waals surface area (Å²) in [5.41, 5.74) is 1.87. The van der Waals surface area contributed by atoms with E-state index in [1.54, 1.807) is 30.4 Å². The van der Waals surface area contributed by atoms with Gasteiger partial charge in [0.25, 0.3) is 0 Å². The summed E-state index contributed by atoms with van der Waals surface area (Å²) in [5.74, 6) is 0.316. The van der Waals surface area contributed by atoms with Crippen LogP contribution >= 0.6 is 0 Å². The van der Waals surface area contributed by atoms with Crippen molar-refractivity contribution in [2.75, 3.05) is 7.11 Å². The molecule has 118 valence electrons. The van der Waals surface area contributed by atoms with Crippen LogP contribution in [0, 0.1) is 11.3 Å². The molecule has 0 atom stereocenters. The van der Waals surface area contributed by atoms with Gasteiger partial charge < -0.3 is 9.47 Å². The predicted molar refractivity (Wildman–Crippen MR) is 79.8 cm³/mol. The number of methoxy groups -OCH3 is 1. The van der Waals surface area contributed by atoms with Gasteiger partial charge in [0.05, 0.1) is 18.7 Å². The first-order valence-electron chi connectivity index (χ1n) is 6.53. The third kappa shape index (κ3) is 4.78. The van der Waals surface area contributed by atoms with Crippen LogP contribution in [-0.2, 0) is 0 Å². The molecule has 0 amide bonds. The molecule has 0 aliphatic carbocycles. The van der Waals surface area contributed by atoms with Crippen LogP contribution in [0.2, 0.25) is 0 Å². The molecule has 23 heavy (non-hydrogen) atoms. The number of ether oxygens (including phenoxy) is 2. The first-order chi connectivity index (χ1) is 10.9. The Morgan fingerprint density at radius 1 is 1.04 bits per heavy atom. The number of nitriles is 1. The Balaban J connectivity index is 2.19. The summed E-state index contributed by atoms with van der Waals surface area (Å²) in [6.07, 6.45) is -1.28. The van der Waals surface area contributed by atoms with Crippen molar-refractivity contribution in [3.05, 3.63) is 59.2 Å². The van der Waals surface area contributed by atoms with Gasteiger partial charge in [-0.05, 0) is 35.9 Å². The largest absolute Gasteiger partial charge is 0.573 e. The lowest BCUT2D eigenvalue weighted by Crippen LogP contribution is -2.16. The van der Waals surface area contributed by atoms with Crippen LogP contribution in [0.5, 0.6) is 11.5 Å². The maximum Gasteiger partial charge on any atom is 0.573 e. The summed E-state index contributed by atoms with van der Waals surface area (Å²) < 4.78 is 45.3. The van der Waals surface area contributed by atoms with Crippen molar-refractivity contribution in [3.8, 4) is 17.6 Å². The minimum atomic E-state index is -4.71. The molecular formula is C17H12F3NO2. The van der Waals surface area contributed by atoms with Gasteiger partial charge in [-0.3, -0.25) is 0 Å². The standard InChI is InChI=1S/C17H12F3NO2/c1-22-16-9-5-13(11-21)10-14(16)6-2-12-3-7-15(8-4-12)23-17(18,19)20/h2-10H,1H3/b6-2+. The number of hydrogen-bond donors (Lipinski definition) is 0. The fourth-order valence-corrected chi connectivity index (χ4v) is 1.90. The molecule has 3 nitrogen and oxygen atoms in total. The molecule has 0 heterocycles. The van der Waals surface area contributed by atoms with Crippen LogP contribution in [0.4, 0.5) is 13.2 Å². The molecular weight excluding hydrogens is 307 g/mol. The van der Waals surface area contributed by atoms with Crippen LogP contribution in [0.15, 0.2) is 42.5 Å². The zero-order chi connectivity index (χ0) is 16.9. The molecule has 2 aromatic carbocycles. The highest BCUT2D eigenvalue weighted by Crippen LogP contribution is 2.25. The predicted octanol–water partition coefficient (Wildman–Crippen LogP) is 4.64. The summed E-state index contributed by atoms with van der Waals surface area (Å²) in [7, 11) is 1.52. The highest BCUT2D eigenvalue weighted by molar-refractivity contribution is 5.73. The third-order valence-corrected chi connectivity index (χ3v) is 2.93. The maximum atomic E-state index is 12.1. The fraction of sp³-hybridized carbons (Fsp3) is 0.118. The molecule has 0 aliphatic rings. The molecule has 0 saturated heterocycles. The average molecular weight is 319 g/mol.